The van der Waals surface area contributed by atoms with Gasteiger partial charge < -0.3 is 19.7 Å². The van der Waals surface area contributed by atoms with Crippen LogP contribution >= 0.6 is 0 Å². The molecule has 0 spiro atoms. The van der Waals surface area contributed by atoms with Crippen molar-refractivity contribution < 1.29 is 66.0 Å². The third-order valence-electron chi connectivity index (χ3n) is 16.5. The zero-order chi connectivity index (χ0) is 62.7. The second-order valence-electron chi connectivity index (χ2n) is 23.2. The maximum Gasteiger partial charge on any atom is 0.294 e. The maximum absolute atomic E-state index is 13.7. The van der Waals surface area contributed by atoms with Crippen LogP contribution < -0.4 is 15.1 Å². The van der Waals surface area contributed by atoms with Crippen LogP contribution in [-0.2, 0) is 73.9 Å². The van der Waals surface area contributed by atoms with Crippen molar-refractivity contribution in [2.45, 2.75) is 119 Å². The van der Waals surface area contributed by atoms with E-state index >= 15 is 0 Å². The second kappa shape index (κ2) is 25.8. The number of amides is 2. The van der Waals surface area contributed by atoms with Gasteiger partial charge in [-0.3, -0.25) is 23.2 Å². The van der Waals surface area contributed by atoms with E-state index < -0.39 is 67.7 Å². The Kier molecular flexibility index (Phi) is 19.0. The van der Waals surface area contributed by atoms with Gasteiger partial charge in [0.05, 0.1) is 38.9 Å². The molecule has 22 heteroatoms. The molecule has 4 N–H and O–H groups in total. The first-order chi connectivity index (χ1) is 41.0. The normalized spacial score (nSPS) is 17.4. The quantitative estimate of drug-likeness (QED) is 0.0217. The lowest BCUT2D eigenvalue weighted by Gasteiger charge is -2.27. The summed E-state index contributed by atoms with van der Waals surface area (Å²) in [5.41, 5.74) is 9.84. The lowest BCUT2D eigenvalue weighted by atomic mass is 9.79. The van der Waals surface area contributed by atoms with Crippen LogP contribution in [0.5, 0.6) is 0 Å². The van der Waals surface area contributed by atoms with Gasteiger partial charge in [-0.2, -0.15) is 29.8 Å². The summed E-state index contributed by atoms with van der Waals surface area (Å²) in [6, 6.07) is 31.8. The van der Waals surface area contributed by atoms with E-state index in [4.69, 9.17) is 0 Å². The highest BCUT2D eigenvalue weighted by Gasteiger charge is 2.45. The van der Waals surface area contributed by atoms with Gasteiger partial charge in [0, 0.05) is 78.0 Å². The highest BCUT2D eigenvalue weighted by atomic mass is 32.2. The summed E-state index contributed by atoms with van der Waals surface area (Å²) < 4.78 is 140. The van der Waals surface area contributed by atoms with Crippen molar-refractivity contribution in [1.82, 2.24) is 5.32 Å². The highest BCUT2D eigenvalue weighted by molar-refractivity contribution is 7.86. The Labute approximate surface area is 510 Å². The molecule has 0 bridgehead atoms. The number of aryl methyl sites for hydroxylation is 1. The fraction of sp³-hybridized carbons (Fsp3) is 0.338. The molecule has 0 aromatic heterocycles. The van der Waals surface area contributed by atoms with Crippen LogP contribution in [0, 0.1) is 11.8 Å². The van der Waals surface area contributed by atoms with E-state index in [1.165, 1.54) is 30.3 Å². The van der Waals surface area contributed by atoms with Crippen molar-refractivity contribution in [3.05, 3.63) is 189 Å². The molecule has 4 aliphatic rings. The number of unbranched alkanes of at least 4 members (excludes halogenated alkanes) is 1. The first-order valence-corrected chi connectivity index (χ1v) is 34.8. The fourth-order valence-corrected chi connectivity index (χ4v) is 14.1. The molecule has 1 aliphatic carbocycles. The topological polar surface area (TPSA) is 276 Å². The molecule has 5 aromatic rings. The number of benzene rings is 5. The van der Waals surface area contributed by atoms with E-state index in [1.54, 1.807) is 11.0 Å². The molecule has 18 nitrogen and oxygen atoms in total. The van der Waals surface area contributed by atoms with E-state index in [2.05, 4.69) is 17.2 Å². The van der Waals surface area contributed by atoms with Crippen LogP contribution in [0.25, 0.3) is 5.57 Å². The molecule has 0 radical (unpaired) electrons. The molecule has 0 atom stereocenters. The number of nitrogens with zero attached hydrogens (tertiary/aromatic N) is 3. The smallest absolute Gasteiger partial charge is 0.294 e. The van der Waals surface area contributed by atoms with Gasteiger partial charge in [0.15, 0.2) is 5.71 Å². The van der Waals surface area contributed by atoms with E-state index in [9.17, 15) is 61.5 Å². The number of allylic oxidation sites excluding steroid dienone is 8. The van der Waals surface area contributed by atoms with Gasteiger partial charge in [-0.15, -0.1) is 0 Å². The summed E-state index contributed by atoms with van der Waals surface area (Å²) >= 11 is 0. The number of carbonyl (C=O) groups is 2. The molecule has 0 unspecified atom stereocenters. The Morgan fingerprint density at radius 1 is 0.690 bits per heavy atom. The van der Waals surface area contributed by atoms with Crippen LogP contribution in [0.15, 0.2) is 160 Å². The van der Waals surface area contributed by atoms with Gasteiger partial charge in [-0.25, -0.2) is 8.42 Å². The zero-order valence-corrected chi connectivity index (χ0v) is 52.1. The predicted octanol–water partition coefficient (Wildman–Crippen LogP) is 9.74. The van der Waals surface area contributed by atoms with Gasteiger partial charge in [0.1, 0.15) is 16.7 Å². The summed E-state index contributed by atoms with van der Waals surface area (Å²) in [5, 5.41) is 2.93. The lowest BCUT2D eigenvalue weighted by Crippen LogP contribution is -2.35. The Bertz CT molecular complexity index is 4270. The summed E-state index contributed by atoms with van der Waals surface area (Å²) in [7, 11) is -18.1. The molecule has 458 valence electrons. The fourth-order valence-electron chi connectivity index (χ4n) is 12.1. The van der Waals surface area contributed by atoms with E-state index in [-0.39, 0.29) is 62.0 Å². The van der Waals surface area contributed by atoms with Crippen LogP contribution in [0.1, 0.15) is 124 Å². The van der Waals surface area contributed by atoms with Crippen molar-refractivity contribution >= 4 is 80.6 Å². The molecule has 87 heavy (non-hydrogen) atoms. The number of anilines is 2. The standard InChI is InChI=1S/C65H70N4O14S4/c1-64(2)54-42-52(86(78,79)80)30-32-57(54)67(38-12-40-84(72,73)74)59(64)34-28-48-18-11-19-49(29-35-60-65(3,4)55-43-53(87(81,82)83)31-33-58(55)68(60)39-13-41-85(75,76)77)63(48)50-24-22-45(23-25-50)14-5-10-21-61(70)66-37-36-62(71)69-44-51-17-7-6-15-46(51)26-27-47-16-8-9-20-56(47)69/h6-9,15-17,20,22-25,28-35,42-43H,5,10-14,18-19,21,36-41,44H2,1-4H3,(H4-,66,70,72,73,74,75,76,77,78,79,80,81,82,83). The summed E-state index contributed by atoms with van der Waals surface area (Å²) in [5.74, 6) is 5.11. The van der Waals surface area contributed by atoms with E-state index in [0.29, 0.717) is 79.0 Å². The Hall–Kier alpha value is -7.33. The van der Waals surface area contributed by atoms with Crippen molar-refractivity contribution in [1.29, 1.82) is 0 Å². The molecule has 3 heterocycles. The number of carbonyl (C=O) groups excluding carboxylic acids is 2. The van der Waals surface area contributed by atoms with Crippen molar-refractivity contribution in [3.63, 3.8) is 0 Å². The molecule has 5 aromatic carbocycles. The van der Waals surface area contributed by atoms with E-state index in [0.717, 1.165) is 50.2 Å². The predicted molar refractivity (Wildman–Crippen MR) is 334 cm³/mol. The minimum absolute atomic E-state index is 0.0249. The molecule has 0 saturated heterocycles. The van der Waals surface area contributed by atoms with Gasteiger partial charge in [-0.1, -0.05) is 92.4 Å². The van der Waals surface area contributed by atoms with Crippen molar-refractivity contribution in [2.24, 2.45) is 0 Å². The number of hydrogen-bond donors (Lipinski definition) is 4. The Balaban J connectivity index is 0.984. The maximum atomic E-state index is 13.7. The molecular weight excluding hydrogens is 1190 g/mol. The highest BCUT2D eigenvalue weighted by Crippen LogP contribution is 2.49. The summed E-state index contributed by atoms with van der Waals surface area (Å²) in [6.07, 6.45) is 12.2. The van der Waals surface area contributed by atoms with E-state index in [1.807, 2.05) is 134 Å². The van der Waals surface area contributed by atoms with Crippen LogP contribution in [0.2, 0.25) is 0 Å². The Morgan fingerprint density at radius 3 is 2.07 bits per heavy atom. The van der Waals surface area contributed by atoms with Gasteiger partial charge >= 0.3 is 0 Å². The number of para-hydroxylation sites is 1. The van der Waals surface area contributed by atoms with Crippen LogP contribution in [-0.4, -0.2) is 105 Å². The SMILES string of the molecule is CC1(C)C(/C=C/C2=C(c3ccc(CCCCC(=O)NCCC(=O)N4Cc5ccccc5C#Cc5ccccc54)cc3)C(=C/C=C3/N(CCCS(=O)(=O)O)c4ccc(S(=O)(=O)O)cc4C3(C)C)/CCC2)=[N+](CCCS(=O)(=O)O)c2ccc(S(=O)(=O)[O-])cc21. The largest absolute Gasteiger partial charge is 0.744 e. The molecular formula is C65H70N4O14S4. The molecule has 9 rings (SSSR count). The molecule has 2 amide bonds. The second-order valence-corrected chi connectivity index (χ2v) is 29.2. The van der Waals surface area contributed by atoms with Crippen molar-refractivity contribution in [2.75, 3.05) is 40.9 Å². The minimum Gasteiger partial charge on any atom is -0.744 e. The number of fused-ring (bicyclic) bond motifs is 4. The van der Waals surface area contributed by atoms with Crippen LogP contribution in [0.3, 0.4) is 0 Å². The number of rotatable bonds is 22. The summed E-state index contributed by atoms with van der Waals surface area (Å²) in [6.45, 7) is 8.37. The third-order valence-corrected chi connectivity index (χ3v) is 19.8. The Morgan fingerprint density at radius 2 is 1.36 bits per heavy atom. The molecule has 3 aliphatic heterocycles. The summed E-state index contributed by atoms with van der Waals surface area (Å²) in [4.78, 5) is 29.7. The van der Waals surface area contributed by atoms with Gasteiger partial charge in [0.2, 0.25) is 17.5 Å². The average molecular weight is 1260 g/mol. The average Bonchev–Trinajstić information content (AvgIpc) is 1.66. The van der Waals surface area contributed by atoms with Gasteiger partial charge in [0.25, 0.3) is 30.4 Å². The minimum atomic E-state index is -4.84. The van der Waals surface area contributed by atoms with Gasteiger partial charge in [-0.05, 0) is 152 Å². The number of hydrogen-bond acceptors (Lipinski definition) is 12. The third kappa shape index (κ3) is 15.2. The van der Waals surface area contributed by atoms with Crippen molar-refractivity contribution in [3.8, 4) is 11.8 Å². The first-order valence-electron chi connectivity index (χ1n) is 28.7. The molecule has 0 saturated carbocycles. The zero-order valence-electron chi connectivity index (χ0n) is 48.8. The van der Waals surface area contributed by atoms with Crippen LogP contribution in [0.4, 0.5) is 17.1 Å². The first kappa shape index (κ1) is 64.2. The lowest BCUT2D eigenvalue weighted by molar-refractivity contribution is -0.437. The monoisotopic (exact) mass is 1260 g/mol. The number of nitrogens with one attached hydrogen (secondary N) is 1. The molecule has 0 fully saturated rings.